The van der Waals surface area contributed by atoms with Gasteiger partial charge in [-0.2, -0.15) is 10.4 Å². The number of sulfonamides is 1. The molecule has 1 N–H and O–H groups in total. The molecule has 1 saturated heterocycles. The van der Waals surface area contributed by atoms with Crippen molar-refractivity contribution in [2.75, 3.05) is 44.2 Å². The quantitative estimate of drug-likeness (QED) is 0.0929. The van der Waals surface area contributed by atoms with Crippen LogP contribution in [0.25, 0.3) is 16.5 Å². The summed E-state index contributed by atoms with van der Waals surface area (Å²) in [7, 11) is -4.60. The molecule has 2 fully saturated rings. The summed E-state index contributed by atoms with van der Waals surface area (Å²) in [6.45, 7) is 8.15. The van der Waals surface area contributed by atoms with Crippen molar-refractivity contribution in [2.24, 2.45) is 11.3 Å². The number of carbonyl (C=O) groups excluding carboxylic acids is 1. The van der Waals surface area contributed by atoms with Crippen molar-refractivity contribution in [3.05, 3.63) is 214 Å². The summed E-state index contributed by atoms with van der Waals surface area (Å²) in [5, 5.41) is 15.6. The first kappa shape index (κ1) is 55.4. The lowest BCUT2D eigenvalue weighted by molar-refractivity contribution is 0.0377. The number of carbonyl (C=O) groups is 1. The van der Waals surface area contributed by atoms with Gasteiger partial charge >= 0.3 is 0 Å². The zero-order valence-electron chi connectivity index (χ0n) is 45.2. The van der Waals surface area contributed by atoms with Crippen LogP contribution in [0, 0.1) is 22.7 Å². The minimum absolute atomic E-state index is 0.0437. The number of anilines is 1. The number of nitriles is 1. The second-order valence-electron chi connectivity index (χ2n) is 22.3. The first-order valence-electron chi connectivity index (χ1n) is 27.5. The van der Waals surface area contributed by atoms with Crippen LogP contribution in [0.5, 0.6) is 17.4 Å². The summed E-state index contributed by atoms with van der Waals surface area (Å²) in [5.41, 5.74) is 6.09. The molecule has 0 radical (unpaired) electrons. The summed E-state index contributed by atoms with van der Waals surface area (Å²) >= 11 is 12.8. The monoisotopic (exact) mass is 1140 g/mol. The third-order valence-electron chi connectivity index (χ3n) is 16.3. The number of benzene rings is 6. The standard InChI is InChI=1S/C65H62Cl2FN7O5S/c1-63(2)30-29-47(55(39-63)46-21-23-51(66)24-22-46)43-73-33-35-74(36-34-73)52-25-26-54(61(76)72-81(77,78)53-38-57(67)62(70-41-53)79-44-64(68)31-27-45(40-69)28-32-64)60(37-52)80-59-20-12-19-58-56(59)42-71-75(58)65(48-13-6-3-7-14-48,49-15-8-4-9-16-49)50-17-10-5-11-18-50/h3-26,37-38,41-42,45H,27-36,39,43-44H2,1-2H3,(H,72,76)/t45-,64-. The number of ether oxygens (including phenoxy) is 2. The van der Waals surface area contributed by atoms with Gasteiger partial charge < -0.3 is 14.4 Å². The third kappa shape index (κ3) is 11.7. The Labute approximate surface area is 482 Å². The fourth-order valence-electron chi connectivity index (χ4n) is 11.8. The van der Waals surface area contributed by atoms with Crippen molar-refractivity contribution in [3.8, 4) is 23.4 Å². The number of nitrogens with one attached hydrogen (secondary N) is 1. The van der Waals surface area contributed by atoms with Crippen LogP contribution < -0.4 is 19.1 Å². The molecule has 8 aromatic rings. The molecule has 1 aliphatic heterocycles. The number of nitrogens with zero attached hydrogens (tertiary/aromatic N) is 6. The number of rotatable bonds is 16. The zero-order valence-corrected chi connectivity index (χ0v) is 47.5. The molecule has 0 atom stereocenters. The zero-order chi connectivity index (χ0) is 56.4. The summed E-state index contributed by atoms with van der Waals surface area (Å²) in [4.78, 5) is 23.1. The van der Waals surface area contributed by atoms with Crippen LogP contribution in [0.1, 0.15) is 91.4 Å². The van der Waals surface area contributed by atoms with Gasteiger partial charge in [0.05, 0.1) is 34.9 Å². The highest BCUT2D eigenvalue weighted by molar-refractivity contribution is 7.90. The first-order chi connectivity index (χ1) is 39.1. The molecular formula is C65H62Cl2FN7O5S. The van der Waals surface area contributed by atoms with Gasteiger partial charge in [0.25, 0.3) is 15.9 Å². The Bertz CT molecular complexity index is 3670. The molecule has 0 bridgehead atoms. The highest BCUT2D eigenvalue weighted by Crippen LogP contribution is 2.46. The Kier molecular flexibility index (Phi) is 15.8. The molecule has 81 heavy (non-hydrogen) atoms. The minimum atomic E-state index is -4.60. The lowest BCUT2D eigenvalue weighted by atomic mass is 9.72. The molecule has 414 valence electrons. The number of halogens is 3. The fourth-order valence-corrected chi connectivity index (χ4v) is 13.1. The molecule has 2 aromatic heterocycles. The summed E-state index contributed by atoms with van der Waals surface area (Å²) in [6.07, 6.45) is 7.02. The molecule has 0 spiro atoms. The smallest absolute Gasteiger partial charge is 0.268 e. The lowest BCUT2D eigenvalue weighted by Gasteiger charge is -2.39. The largest absolute Gasteiger partial charge is 0.473 e. The number of piperazine rings is 1. The summed E-state index contributed by atoms with van der Waals surface area (Å²) in [5.74, 6) is -0.806. The Morgan fingerprint density at radius 3 is 2.05 bits per heavy atom. The van der Waals surface area contributed by atoms with Gasteiger partial charge in [0.2, 0.25) is 5.88 Å². The Balaban J connectivity index is 0.912. The Morgan fingerprint density at radius 2 is 1.43 bits per heavy atom. The van der Waals surface area contributed by atoms with Crippen LogP contribution in [0.15, 0.2) is 181 Å². The van der Waals surface area contributed by atoms with Crippen LogP contribution in [-0.4, -0.2) is 79.0 Å². The van der Waals surface area contributed by atoms with Gasteiger partial charge in [0.15, 0.2) is 0 Å². The number of amides is 1. The van der Waals surface area contributed by atoms with Gasteiger partial charge in [-0.15, -0.1) is 0 Å². The Hall–Kier alpha value is -7.54. The van der Waals surface area contributed by atoms with Crippen molar-refractivity contribution in [2.45, 2.75) is 74.9 Å². The normalized spacial score (nSPS) is 18.8. The van der Waals surface area contributed by atoms with Crippen molar-refractivity contribution in [1.29, 1.82) is 5.26 Å². The molecule has 16 heteroatoms. The van der Waals surface area contributed by atoms with Gasteiger partial charge in [-0.25, -0.2) is 27.2 Å². The molecule has 6 aromatic carbocycles. The molecule has 3 aliphatic rings. The average molecular weight is 1140 g/mol. The van der Waals surface area contributed by atoms with E-state index in [9.17, 15) is 18.5 Å². The number of hydrogen-bond acceptors (Lipinski definition) is 10. The summed E-state index contributed by atoms with van der Waals surface area (Å²) < 4.78 is 60.6. The van der Waals surface area contributed by atoms with Crippen molar-refractivity contribution >= 4 is 61.3 Å². The van der Waals surface area contributed by atoms with E-state index >= 15 is 4.39 Å². The van der Waals surface area contributed by atoms with E-state index in [-0.39, 0.29) is 53.0 Å². The molecule has 1 amide bonds. The van der Waals surface area contributed by atoms with Crippen molar-refractivity contribution < 1.29 is 27.1 Å². The molecule has 1 saturated carbocycles. The van der Waals surface area contributed by atoms with E-state index in [1.165, 1.54) is 16.7 Å². The SMILES string of the molecule is CC1(C)CCC(CN2CCN(c3ccc(C(=O)NS(=O)(=O)c4cnc(OC[C@]5(F)CC[C@H](C#N)CC5)c(Cl)c4)c(Oc4cccc5c4cnn5C(c4ccccc4)(c4ccccc4)c4ccccc4)c3)CC2)=C(c2ccc(Cl)cc2)C1. The van der Waals surface area contributed by atoms with E-state index in [2.05, 4.69) is 88.0 Å². The van der Waals surface area contributed by atoms with E-state index in [1.807, 2.05) is 95.7 Å². The van der Waals surface area contributed by atoms with E-state index in [0.29, 0.717) is 37.1 Å². The molecule has 2 aliphatic carbocycles. The first-order valence-corrected chi connectivity index (χ1v) is 29.7. The average Bonchev–Trinajstić information content (AvgIpc) is 4.19. The minimum Gasteiger partial charge on any atom is -0.473 e. The van der Waals surface area contributed by atoms with Gasteiger partial charge in [0, 0.05) is 55.4 Å². The van der Waals surface area contributed by atoms with Crippen LogP contribution >= 0.6 is 23.2 Å². The lowest BCUT2D eigenvalue weighted by Crippen LogP contribution is -2.47. The topological polar surface area (TPSA) is 143 Å². The number of allylic oxidation sites excluding steroid dienone is 1. The highest BCUT2D eigenvalue weighted by Gasteiger charge is 2.41. The van der Waals surface area contributed by atoms with Crippen LogP contribution in [0.2, 0.25) is 10.0 Å². The molecule has 3 heterocycles. The number of alkyl halides is 1. The molecule has 12 nitrogen and oxygen atoms in total. The fraction of sp³-hybridized carbons (Fsp3) is 0.292. The van der Waals surface area contributed by atoms with Crippen molar-refractivity contribution in [1.82, 2.24) is 24.4 Å². The molecular weight excluding hydrogens is 1080 g/mol. The second kappa shape index (κ2) is 23.1. The molecule has 11 rings (SSSR count). The van der Waals surface area contributed by atoms with E-state index in [1.54, 1.807) is 18.3 Å². The predicted molar refractivity (Wildman–Crippen MR) is 316 cm³/mol. The number of pyridine rings is 1. The summed E-state index contributed by atoms with van der Waals surface area (Å²) in [6, 6.07) is 53.1. The van der Waals surface area contributed by atoms with Gasteiger partial charge in [-0.05, 0) is 121 Å². The Morgan fingerprint density at radius 1 is 0.790 bits per heavy atom. The number of fused-ring (bicyclic) bond motifs is 1. The van der Waals surface area contributed by atoms with E-state index in [4.69, 9.17) is 37.8 Å². The van der Waals surface area contributed by atoms with Crippen molar-refractivity contribution in [3.63, 3.8) is 0 Å². The van der Waals surface area contributed by atoms with Gasteiger partial charge in [0.1, 0.15) is 39.2 Å². The van der Waals surface area contributed by atoms with Crippen LogP contribution in [0.4, 0.5) is 10.1 Å². The van der Waals surface area contributed by atoms with E-state index in [0.717, 1.165) is 84.1 Å². The second-order valence-corrected chi connectivity index (χ2v) is 24.8. The maximum Gasteiger partial charge on any atom is 0.268 e. The van der Waals surface area contributed by atoms with Gasteiger partial charge in [-0.3, -0.25) is 9.69 Å². The van der Waals surface area contributed by atoms with Crippen LogP contribution in [-0.2, 0) is 15.6 Å². The highest BCUT2D eigenvalue weighted by atomic mass is 35.5. The van der Waals surface area contributed by atoms with Crippen LogP contribution in [0.3, 0.4) is 0 Å². The third-order valence-corrected chi connectivity index (χ3v) is 18.1. The van der Waals surface area contributed by atoms with E-state index < -0.39 is 32.0 Å². The maximum absolute atomic E-state index is 15.6. The number of aromatic nitrogens is 3. The maximum atomic E-state index is 15.6. The number of hydrogen-bond donors (Lipinski definition) is 1. The van der Waals surface area contributed by atoms with Gasteiger partial charge in [-0.1, -0.05) is 152 Å². The predicted octanol–water partition coefficient (Wildman–Crippen LogP) is 14.1. The molecule has 0 unspecified atom stereocenters.